The minimum absolute atomic E-state index is 0.169. The number of hydrogen-bond donors (Lipinski definition) is 2. The van der Waals surface area contributed by atoms with Crippen LogP contribution >= 0.6 is 22.6 Å². The van der Waals surface area contributed by atoms with Gasteiger partial charge < -0.3 is 15.6 Å². The summed E-state index contributed by atoms with van der Waals surface area (Å²) in [4.78, 5) is 10.6. The lowest BCUT2D eigenvalue weighted by Gasteiger charge is -2.07. The average Bonchev–Trinajstić information content (AvgIpc) is 2.03. The number of rotatable bonds is 2. The van der Waals surface area contributed by atoms with Crippen LogP contribution in [0.4, 0.5) is 5.69 Å². The summed E-state index contributed by atoms with van der Waals surface area (Å²) in [5.41, 5.74) is 6.09. The average molecular weight is 293 g/mol. The highest BCUT2D eigenvalue weighted by atomic mass is 127. The fraction of sp³-hybridized carbons (Fsp3) is 0.125. The standard InChI is InChI=1S/C8H8INO3/c1-13-7-5(9)2-4(8(11)12)3-6(7)10/h2-3H,10H2,1H3,(H,11,12). The Kier molecular flexibility index (Phi) is 2.97. The quantitative estimate of drug-likeness (QED) is 0.641. The van der Waals surface area contributed by atoms with E-state index in [1.54, 1.807) is 0 Å². The Bertz CT molecular complexity index is 328. The van der Waals surface area contributed by atoms with Crippen molar-refractivity contribution in [1.82, 2.24) is 0 Å². The van der Waals surface area contributed by atoms with E-state index in [4.69, 9.17) is 15.6 Å². The molecule has 0 aliphatic heterocycles. The molecule has 0 unspecified atom stereocenters. The van der Waals surface area contributed by atoms with Gasteiger partial charge in [0.2, 0.25) is 0 Å². The van der Waals surface area contributed by atoms with Crippen LogP contribution in [0.5, 0.6) is 5.75 Å². The molecule has 3 N–H and O–H groups in total. The molecular formula is C8H8INO3. The van der Waals surface area contributed by atoms with Crippen LogP contribution in [-0.4, -0.2) is 18.2 Å². The summed E-state index contributed by atoms with van der Waals surface area (Å²) >= 11 is 1.98. The number of methoxy groups -OCH3 is 1. The van der Waals surface area contributed by atoms with Gasteiger partial charge in [0.1, 0.15) is 0 Å². The summed E-state index contributed by atoms with van der Waals surface area (Å²) < 4.78 is 5.68. The van der Waals surface area contributed by atoms with Crippen LogP contribution in [0.15, 0.2) is 12.1 Å². The number of anilines is 1. The van der Waals surface area contributed by atoms with E-state index in [0.29, 0.717) is 15.0 Å². The topological polar surface area (TPSA) is 72.5 Å². The van der Waals surface area contributed by atoms with Gasteiger partial charge >= 0.3 is 5.97 Å². The second-order valence-corrected chi connectivity index (χ2v) is 3.55. The molecule has 70 valence electrons. The Morgan fingerprint density at radius 2 is 2.23 bits per heavy atom. The maximum Gasteiger partial charge on any atom is 0.335 e. The van der Waals surface area contributed by atoms with Gasteiger partial charge in [-0.05, 0) is 34.7 Å². The molecule has 0 radical (unpaired) electrons. The fourth-order valence-electron chi connectivity index (χ4n) is 0.954. The lowest BCUT2D eigenvalue weighted by atomic mass is 10.2. The van der Waals surface area contributed by atoms with Crippen molar-refractivity contribution in [3.8, 4) is 5.75 Å². The van der Waals surface area contributed by atoms with Gasteiger partial charge in [-0.3, -0.25) is 0 Å². The molecule has 0 saturated carbocycles. The monoisotopic (exact) mass is 293 g/mol. The smallest absolute Gasteiger partial charge is 0.335 e. The van der Waals surface area contributed by atoms with E-state index in [2.05, 4.69) is 0 Å². The summed E-state index contributed by atoms with van der Waals surface area (Å²) in [5, 5.41) is 8.70. The van der Waals surface area contributed by atoms with Gasteiger partial charge in [-0.2, -0.15) is 0 Å². The summed E-state index contributed by atoms with van der Waals surface area (Å²) in [7, 11) is 1.49. The van der Waals surface area contributed by atoms with Gasteiger partial charge in [0.15, 0.2) is 5.75 Å². The number of benzene rings is 1. The van der Waals surface area contributed by atoms with Crippen molar-refractivity contribution in [3.05, 3.63) is 21.3 Å². The molecule has 4 nitrogen and oxygen atoms in total. The molecule has 0 heterocycles. The first kappa shape index (κ1) is 10.1. The van der Waals surface area contributed by atoms with Crippen molar-refractivity contribution >= 4 is 34.2 Å². The van der Waals surface area contributed by atoms with E-state index in [-0.39, 0.29) is 5.56 Å². The molecule has 0 aliphatic carbocycles. The number of carboxylic acids is 1. The molecule has 0 aromatic heterocycles. The molecule has 0 bridgehead atoms. The third kappa shape index (κ3) is 2.03. The molecule has 1 aromatic rings. The molecule has 0 aliphatic rings. The van der Waals surface area contributed by atoms with Gasteiger partial charge in [-0.25, -0.2) is 4.79 Å². The van der Waals surface area contributed by atoms with Crippen molar-refractivity contribution < 1.29 is 14.6 Å². The first-order valence-corrected chi connectivity index (χ1v) is 4.50. The third-order valence-electron chi connectivity index (χ3n) is 1.52. The van der Waals surface area contributed by atoms with Crippen molar-refractivity contribution in [2.45, 2.75) is 0 Å². The first-order chi connectivity index (χ1) is 6.06. The zero-order chi connectivity index (χ0) is 10.0. The highest BCUT2D eigenvalue weighted by Gasteiger charge is 2.10. The SMILES string of the molecule is COc1c(N)cc(C(=O)O)cc1I. The Morgan fingerprint density at radius 1 is 1.62 bits per heavy atom. The Labute approximate surface area is 88.8 Å². The maximum absolute atomic E-state index is 10.6. The molecule has 0 atom stereocenters. The lowest BCUT2D eigenvalue weighted by Crippen LogP contribution is -2.01. The van der Waals surface area contributed by atoms with Crippen molar-refractivity contribution in [1.29, 1.82) is 0 Å². The Hall–Kier alpha value is -0.980. The molecule has 0 saturated heterocycles. The zero-order valence-electron chi connectivity index (χ0n) is 6.87. The number of hydrogen-bond acceptors (Lipinski definition) is 3. The number of nitrogens with two attached hydrogens (primary N) is 1. The zero-order valence-corrected chi connectivity index (χ0v) is 9.03. The van der Waals surface area contributed by atoms with Crippen LogP contribution in [0.25, 0.3) is 0 Å². The number of halogens is 1. The van der Waals surface area contributed by atoms with Crippen LogP contribution in [0.2, 0.25) is 0 Å². The lowest BCUT2D eigenvalue weighted by molar-refractivity contribution is 0.0697. The van der Waals surface area contributed by atoms with E-state index in [1.807, 2.05) is 22.6 Å². The molecule has 13 heavy (non-hydrogen) atoms. The van der Waals surface area contributed by atoms with Crippen molar-refractivity contribution in [2.75, 3.05) is 12.8 Å². The number of aromatic carboxylic acids is 1. The van der Waals surface area contributed by atoms with Crippen LogP contribution in [0, 0.1) is 3.57 Å². The molecule has 5 heteroatoms. The highest BCUT2D eigenvalue weighted by molar-refractivity contribution is 14.1. The van der Waals surface area contributed by atoms with E-state index >= 15 is 0 Å². The number of carboxylic acid groups (broad SMARTS) is 1. The number of nitrogen functional groups attached to an aromatic ring is 1. The minimum Gasteiger partial charge on any atom is -0.493 e. The second-order valence-electron chi connectivity index (χ2n) is 2.39. The van der Waals surface area contributed by atoms with Gasteiger partial charge in [0.05, 0.1) is 21.9 Å². The minimum atomic E-state index is -0.993. The van der Waals surface area contributed by atoms with E-state index < -0.39 is 5.97 Å². The summed E-state index contributed by atoms with van der Waals surface area (Å²) in [6, 6.07) is 2.89. The van der Waals surface area contributed by atoms with E-state index in [0.717, 1.165) is 0 Å². The molecule has 0 amide bonds. The largest absolute Gasteiger partial charge is 0.493 e. The predicted octanol–water partition coefficient (Wildman–Crippen LogP) is 1.58. The van der Waals surface area contributed by atoms with Crippen LogP contribution < -0.4 is 10.5 Å². The van der Waals surface area contributed by atoms with Gasteiger partial charge in [0, 0.05) is 0 Å². The van der Waals surface area contributed by atoms with Crippen molar-refractivity contribution in [2.24, 2.45) is 0 Å². The first-order valence-electron chi connectivity index (χ1n) is 3.42. The van der Waals surface area contributed by atoms with Gasteiger partial charge in [-0.15, -0.1) is 0 Å². The Morgan fingerprint density at radius 3 is 2.62 bits per heavy atom. The summed E-state index contributed by atoms with van der Waals surface area (Å²) in [6.45, 7) is 0. The molecule has 1 rings (SSSR count). The van der Waals surface area contributed by atoms with Gasteiger partial charge in [0.25, 0.3) is 0 Å². The third-order valence-corrected chi connectivity index (χ3v) is 2.32. The van der Waals surface area contributed by atoms with Crippen LogP contribution in [-0.2, 0) is 0 Å². The number of carbonyl (C=O) groups is 1. The molecule has 1 aromatic carbocycles. The second kappa shape index (κ2) is 3.82. The predicted molar refractivity (Wildman–Crippen MR) is 57.1 cm³/mol. The summed E-state index contributed by atoms with van der Waals surface area (Å²) in [6.07, 6.45) is 0. The van der Waals surface area contributed by atoms with Crippen LogP contribution in [0.1, 0.15) is 10.4 Å². The normalized spacial score (nSPS) is 9.69. The van der Waals surface area contributed by atoms with Crippen LogP contribution in [0.3, 0.4) is 0 Å². The molecule has 0 fully saturated rings. The highest BCUT2D eigenvalue weighted by Crippen LogP contribution is 2.29. The van der Waals surface area contributed by atoms with Crippen molar-refractivity contribution in [3.63, 3.8) is 0 Å². The maximum atomic E-state index is 10.6. The van der Waals surface area contributed by atoms with E-state index in [1.165, 1.54) is 19.2 Å². The molecule has 0 spiro atoms. The van der Waals surface area contributed by atoms with E-state index in [9.17, 15) is 4.79 Å². The van der Waals surface area contributed by atoms with Gasteiger partial charge in [-0.1, -0.05) is 0 Å². The molecular weight excluding hydrogens is 285 g/mol. The summed E-state index contributed by atoms with van der Waals surface area (Å²) in [5.74, 6) is -0.474. The fourth-order valence-corrected chi connectivity index (χ4v) is 1.82. The number of ether oxygens (including phenoxy) is 1. The Balaban J connectivity index is 3.28.